The maximum Gasteiger partial charge on any atom is 0.244 e. The van der Waals surface area contributed by atoms with E-state index in [1.54, 1.807) is 6.07 Å². The van der Waals surface area contributed by atoms with Gasteiger partial charge in [0.15, 0.2) is 0 Å². The van der Waals surface area contributed by atoms with E-state index in [0.29, 0.717) is 24.7 Å². The van der Waals surface area contributed by atoms with Crippen molar-refractivity contribution in [3.8, 4) is 5.75 Å². The molecule has 31 heavy (non-hydrogen) atoms. The maximum atomic E-state index is 12.9. The van der Waals surface area contributed by atoms with Crippen LogP contribution in [0.3, 0.4) is 0 Å². The third kappa shape index (κ3) is 4.99. The van der Waals surface area contributed by atoms with E-state index in [2.05, 4.69) is 5.32 Å². The van der Waals surface area contributed by atoms with Crippen LogP contribution in [0.15, 0.2) is 47.4 Å². The summed E-state index contributed by atoms with van der Waals surface area (Å²) in [7, 11) is -3.75. The summed E-state index contributed by atoms with van der Waals surface area (Å²) < 4.78 is 32.9. The number of carbonyl (C=O) groups is 1. The van der Waals surface area contributed by atoms with Gasteiger partial charge in [0.05, 0.1) is 24.2 Å². The van der Waals surface area contributed by atoms with Crippen LogP contribution in [0.2, 0.25) is 10.0 Å². The van der Waals surface area contributed by atoms with Crippen molar-refractivity contribution in [3.05, 3.63) is 58.1 Å². The van der Waals surface area contributed by atoms with Gasteiger partial charge in [-0.05, 0) is 24.3 Å². The Kier molecular flexibility index (Phi) is 6.74. The van der Waals surface area contributed by atoms with E-state index in [4.69, 9.17) is 27.9 Å². The highest BCUT2D eigenvalue weighted by atomic mass is 35.5. The molecule has 2 heterocycles. The highest BCUT2D eigenvalue weighted by Crippen LogP contribution is 2.31. The Hall–Kier alpha value is -1.84. The molecule has 0 saturated carbocycles. The number of para-hydroxylation sites is 1. The Morgan fingerprint density at radius 1 is 1.10 bits per heavy atom. The van der Waals surface area contributed by atoms with Gasteiger partial charge >= 0.3 is 0 Å². The zero-order valence-corrected chi connectivity index (χ0v) is 19.1. The number of hydrogen-bond donors (Lipinski definition) is 1. The second-order valence-corrected chi connectivity index (χ2v) is 10.3. The van der Waals surface area contributed by atoms with E-state index < -0.39 is 10.0 Å². The SMILES string of the molecule is O=C(CN1CCN(S(=O)(=O)c2cc(Cl)ccc2Cl)CC1)NC1CCOc2ccccc21. The molecule has 0 aliphatic carbocycles. The van der Waals surface area contributed by atoms with Crippen LogP contribution in [0.25, 0.3) is 0 Å². The molecule has 0 spiro atoms. The van der Waals surface area contributed by atoms with Gasteiger partial charge in [-0.1, -0.05) is 41.4 Å². The largest absolute Gasteiger partial charge is 0.493 e. The Morgan fingerprint density at radius 2 is 1.84 bits per heavy atom. The van der Waals surface area contributed by atoms with E-state index in [9.17, 15) is 13.2 Å². The first-order valence-electron chi connectivity index (χ1n) is 10.0. The number of benzene rings is 2. The molecule has 0 bridgehead atoms. The number of amides is 1. The molecule has 166 valence electrons. The fraction of sp³-hybridized carbons (Fsp3) is 0.381. The summed E-state index contributed by atoms with van der Waals surface area (Å²) in [6.07, 6.45) is 0.717. The number of halogens is 2. The van der Waals surface area contributed by atoms with Crippen molar-refractivity contribution in [1.29, 1.82) is 0 Å². The van der Waals surface area contributed by atoms with Gasteiger partial charge in [-0.3, -0.25) is 9.69 Å². The number of nitrogens with one attached hydrogen (secondary N) is 1. The predicted octanol–water partition coefficient (Wildman–Crippen LogP) is 2.94. The minimum Gasteiger partial charge on any atom is -0.493 e. The first-order valence-corrected chi connectivity index (χ1v) is 12.2. The Labute approximate surface area is 191 Å². The molecule has 1 atom stereocenters. The summed E-state index contributed by atoms with van der Waals surface area (Å²) in [4.78, 5) is 14.6. The van der Waals surface area contributed by atoms with Crippen LogP contribution in [0, 0.1) is 0 Å². The lowest BCUT2D eigenvalue weighted by atomic mass is 10.0. The Balaban J connectivity index is 1.33. The van der Waals surface area contributed by atoms with Gasteiger partial charge in [0.1, 0.15) is 10.6 Å². The van der Waals surface area contributed by atoms with Crippen molar-refractivity contribution in [2.24, 2.45) is 0 Å². The summed E-state index contributed by atoms with van der Waals surface area (Å²) >= 11 is 12.0. The van der Waals surface area contributed by atoms with Gasteiger partial charge < -0.3 is 10.1 Å². The van der Waals surface area contributed by atoms with Crippen molar-refractivity contribution in [1.82, 2.24) is 14.5 Å². The lowest BCUT2D eigenvalue weighted by Crippen LogP contribution is -2.51. The average Bonchev–Trinajstić information content (AvgIpc) is 2.76. The first-order chi connectivity index (χ1) is 14.8. The summed E-state index contributed by atoms with van der Waals surface area (Å²) in [5.74, 6) is 0.716. The van der Waals surface area contributed by atoms with Gasteiger partial charge in [0.25, 0.3) is 0 Å². The van der Waals surface area contributed by atoms with Gasteiger partial charge in [-0.25, -0.2) is 8.42 Å². The number of piperazine rings is 1. The quantitative estimate of drug-likeness (QED) is 0.706. The molecule has 4 rings (SSSR count). The van der Waals surface area contributed by atoms with E-state index in [0.717, 1.165) is 17.7 Å². The summed E-state index contributed by atoms with van der Waals surface area (Å²) in [6.45, 7) is 2.23. The van der Waals surface area contributed by atoms with Crippen LogP contribution < -0.4 is 10.1 Å². The summed E-state index contributed by atoms with van der Waals surface area (Å²) in [6, 6.07) is 12.0. The van der Waals surface area contributed by atoms with E-state index in [1.165, 1.54) is 16.4 Å². The number of carbonyl (C=O) groups excluding carboxylic acids is 1. The van der Waals surface area contributed by atoms with E-state index in [1.807, 2.05) is 29.2 Å². The van der Waals surface area contributed by atoms with E-state index in [-0.39, 0.29) is 41.5 Å². The minimum atomic E-state index is -3.75. The molecule has 2 aromatic rings. The minimum absolute atomic E-state index is 0.00559. The maximum absolute atomic E-state index is 12.9. The number of hydrogen-bond acceptors (Lipinski definition) is 5. The zero-order chi connectivity index (χ0) is 22.0. The number of rotatable bonds is 5. The zero-order valence-electron chi connectivity index (χ0n) is 16.8. The average molecular weight is 484 g/mol. The molecule has 2 aliphatic heterocycles. The molecule has 0 aromatic heterocycles. The number of fused-ring (bicyclic) bond motifs is 1. The lowest BCUT2D eigenvalue weighted by molar-refractivity contribution is -0.123. The molecule has 1 unspecified atom stereocenters. The van der Waals surface area contributed by atoms with E-state index >= 15 is 0 Å². The lowest BCUT2D eigenvalue weighted by Gasteiger charge is -2.34. The number of ether oxygens (including phenoxy) is 1. The normalized spacial score (nSPS) is 20.0. The van der Waals surface area contributed by atoms with Crippen LogP contribution >= 0.6 is 23.2 Å². The fourth-order valence-electron chi connectivity index (χ4n) is 3.88. The van der Waals surface area contributed by atoms with Crippen molar-refractivity contribution >= 4 is 39.1 Å². The Bertz CT molecular complexity index is 1070. The monoisotopic (exact) mass is 483 g/mol. The van der Waals surface area contributed by atoms with Crippen molar-refractivity contribution in [2.75, 3.05) is 39.3 Å². The second kappa shape index (κ2) is 9.34. The molecular weight excluding hydrogens is 461 g/mol. The van der Waals surface area contributed by atoms with Gasteiger partial charge in [-0.15, -0.1) is 0 Å². The standard InChI is InChI=1S/C21H23Cl2N3O4S/c22-15-5-6-17(23)20(13-15)31(28,29)26-10-8-25(9-11-26)14-21(27)24-18-7-12-30-19-4-2-1-3-16(18)19/h1-6,13,18H,7-12,14H2,(H,24,27). The molecule has 0 radical (unpaired) electrons. The molecule has 10 heteroatoms. The van der Waals surface area contributed by atoms with Gasteiger partial charge in [-0.2, -0.15) is 4.31 Å². The van der Waals surface area contributed by atoms with Gasteiger partial charge in [0.2, 0.25) is 15.9 Å². The molecule has 1 amide bonds. The third-order valence-corrected chi connectivity index (χ3v) is 8.12. The van der Waals surface area contributed by atoms with Crippen LogP contribution in [0.4, 0.5) is 0 Å². The smallest absolute Gasteiger partial charge is 0.244 e. The third-order valence-electron chi connectivity index (χ3n) is 5.50. The topological polar surface area (TPSA) is 79.0 Å². The highest BCUT2D eigenvalue weighted by Gasteiger charge is 2.31. The number of nitrogens with zero attached hydrogens (tertiary/aromatic N) is 2. The number of sulfonamides is 1. The molecular formula is C21H23Cl2N3O4S. The summed E-state index contributed by atoms with van der Waals surface area (Å²) in [5.41, 5.74) is 0.983. The molecule has 2 aromatic carbocycles. The van der Waals surface area contributed by atoms with Crippen molar-refractivity contribution in [3.63, 3.8) is 0 Å². The van der Waals surface area contributed by atoms with Gasteiger partial charge in [0, 0.05) is 43.2 Å². The molecule has 1 saturated heterocycles. The van der Waals surface area contributed by atoms with Crippen LogP contribution in [0.1, 0.15) is 18.0 Å². The summed E-state index contributed by atoms with van der Waals surface area (Å²) in [5, 5.41) is 3.53. The first kappa shape index (κ1) is 22.4. The van der Waals surface area contributed by atoms with Crippen LogP contribution in [-0.2, 0) is 14.8 Å². The van der Waals surface area contributed by atoms with Crippen molar-refractivity contribution in [2.45, 2.75) is 17.4 Å². The fourth-order valence-corrected chi connectivity index (χ4v) is 6.04. The predicted molar refractivity (Wildman–Crippen MR) is 119 cm³/mol. The molecule has 1 N–H and O–H groups in total. The second-order valence-electron chi connectivity index (χ2n) is 7.55. The molecule has 2 aliphatic rings. The molecule has 7 nitrogen and oxygen atoms in total. The van der Waals surface area contributed by atoms with Crippen LogP contribution in [-0.4, -0.2) is 62.9 Å². The highest BCUT2D eigenvalue weighted by molar-refractivity contribution is 7.89. The molecule has 1 fully saturated rings. The van der Waals surface area contributed by atoms with Crippen LogP contribution in [0.5, 0.6) is 5.75 Å². The Morgan fingerprint density at radius 3 is 2.61 bits per heavy atom. The van der Waals surface area contributed by atoms with Crippen molar-refractivity contribution < 1.29 is 17.9 Å².